The first kappa shape index (κ1) is 31.5. The zero-order valence-corrected chi connectivity index (χ0v) is 24.8. The molecule has 2 heterocycles. The third-order valence-corrected chi connectivity index (χ3v) is 7.98. The van der Waals surface area contributed by atoms with Crippen LogP contribution in [0.3, 0.4) is 0 Å². The quantitative estimate of drug-likeness (QED) is 0.224. The zero-order chi connectivity index (χ0) is 32.2. The number of carbonyl (C=O) groups excluding carboxylic acids is 4. The Morgan fingerprint density at radius 1 is 1.13 bits per heavy atom. The number of fused-ring (bicyclic) bond motifs is 1. The van der Waals surface area contributed by atoms with E-state index in [4.69, 9.17) is 22.4 Å². The predicted octanol–water partition coefficient (Wildman–Crippen LogP) is 2.50. The van der Waals surface area contributed by atoms with Crippen LogP contribution in [0.2, 0.25) is 5.02 Å². The predicted molar refractivity (Wildman–Crippen MR) is 161 cm³/mol. The van der Waals surface area contributed by atoms with Crippen LogP contribution in [-0.4, -0.2) is 86.3 Å². The van der Waals surface area contributed by atoms with Gasteiger partial charge in [-0.3, -0.25) is 19.1 Å². The fourth-order valence-corrected chi connectivity index (χ4v) is 5.53. The second-order valence-electron chi connectivity index (χ2n) is 11.0. The maximum Gasteiger partial charge on any atom is 0.404 e. The highest BCUT2D eigenvalue weighted by Gasteiger charge is 2.34. The summed E-state index contributed by atoms with van der Waals surface area (Å²) in [6, 6.07) is 8.24. The average molecular weight is 643 g/mol. The van der Waals surface area contributed by atoms with E-state index in [1.165, 1.54) is 32.7 Å². The van der Waals surface area contributed by atoms with Crippen LogP contribution < -0.4 is 21.7 Å². The molecule has 238 valence electrons. The van der Waals surface area contributed by atoms with Gasteiger partial charge in [-0.25, -0.2) is 14.0 Å². The minimum Gasteiger partial charge on any atom is -0.465 e. The lowest BCUT2D eigenvalue weighted by Crippen LogP contribution is -2.50. The fraction of sp³-hybridized carbons (Fsp3) is 0.379. The standard InChI is InChI=1S/C29H32ClFN8O6/c30-21-5-1-3-16(25(21)31)12-33-23(40)14-38(19-7-8-19)24(41)15-39-22-9-6-17(11-20(22)26(36-39)27(32)42)34-28(43)37-10-2-4-18(13-37)35-29(44)45/h1,3,5-6,9,11,18-19,35H,2,4,7-8,10,12-15H2,(H2,32,42)(H,33,40)(H,34,43)(H,44,45). The summed E-state index contributed by atoms with van der Waals surface area (Å²) in [5, 5.41) is 21.3. The summed E-state index contributed by atoms with van der Waals surface area (Å²) < 4.78 is 15.5. The summed E-state index contributed by atoms with van der Waals surface area (Å²) in [7, 11) is 0. The Kier molecular flexibility index (Phi) is 9.37. The van der Waals surface area contributed by atoms with Gasteiger partial charge in [-0.15, -0.1) is 0 Å². The number of benzene rings is 2. The maximum atomic E-state index is 14.2. The molecule has 2 aromatic carbocycles. The van der Waals surface area contributed by atoms with Crippen LogP contribution in [0.4, 0.5) is 19.7 Å². The van der Waals surface area contributed by atoms with Crippen molar-refractivity contribution in [2.24, 2.45) is 5.73 Å². The van der Waals surface area contributed by atoms with Crippen molar-refractivity contribution in [1.29, 1.82) is 0 Å². The molecular formula is C29H32ClFN8O6. The monoisotopic (exact) mass is 642 g/mol. The highest BCUT2D eigenvalue weighted by molar-refractivity contribution is 6.30. The molecule has 1 saturated heterocycles. The minimum atomic E-state index is -1.16. The number of halogens is 2. The first-order valence-corrected chi connectivity index (χ1v) is 14.7. The molecule has 14 nitrogen and oxygen atoms in total. The lowest BCUT2D eigenvalue weighted by atomic mass is 10.1. The molecular weight excluding hydrogens is 611 g/mol. The van der Waals surface area contributed by atoms with Crippen LogP contribution in [0.1, 0.15) is 41.7 Å². The Bertz CT molecular complexity index is 1660. The molecule has 3 aromatic rings. The van der Waals surface area contributed by atoms with Crippen molar-refractivity contribution < 1.29 is 33.5 Å². The maximum absolute atomic E-state index is 14.2. The fourth-order valence-electron chi connectivity index (χ4n) is 5.33. The van der Waals surface area contributed by atoms with Gasteiger partial charge in [0, 0.05) is 48.4 Å². The first-order valence-electron chi connectivity index (χ1n) is 14.3. The molecule has 0 spiro atoms. The number of aromatic nitrogens is 2. The van der Waals surface area contributed by atoms with Crippen LogP contribution in [0, 0.1) is 5.82 Å². The summed E-state index contributed by atoms with van der Waals surface area (Å²) >= 11 is 5.81. The summed E-state index contributed by atoms with van der Waals surface area (Å²) in [6.07, 6.45) is 1.54. The van der Waals surface area contributed by atoms with E-state index >= 15 is 0 Å². The molecule has 1 aliphatic carbocycles. The molecule has 1 atom stereocenters. The smallest absolute Gasteiger partial charge is 0.404 e. The summed E-state index contributed by atoms with van der Waals surface area (Å²) in [5.74, 6) is -2.34. The second-order valence-corrected chi connectivity index (χ2v) is 11.4. The van der Waals surface area contributed by atoms with E-state index in [2.05, 4.69) is 21.0 Å². The molecule has 5 rings (SSSR count). The van der Waals surface area contributed by atoms with E-state index in [0.29, 0.717) is 36.0 Å². The number of nitrogens with two attached hydrogens (primary N) is 1. The highest BCUT2D eigenvalue weighted by Crippen LogP contribution is 2.28. The van der Waals surface area contributed by atoms with E-state index in [9.17, 15) is 28.4 Å². The molecule has 6 amide bonds. The number of hydrogen-bond acceptors (Lipinski definition) is 6. The van der Waals surface area contributed by atoms with Crippen LogP contribution in [0.25, 0.3) is 10.9 Å². The van der Waals surface area contributed by atoms with Gasteiger partial charge in [0.2, 0.25) is 11.8 Å². The van der Waals surface area contributed by atoms with Crippen LogP contribution in [0.15, 0.2) is 36.4 Å². The molecule has 0 radical (unpaired) electrons. The number of piperidine rings is 1. The van der Waals surface area contributed by atoms with Crippen molar-refractivity contribution in [3.05, 3.63) is 58.5 Å². The van der Waals surface area contributed by atoms with Gasteiger partial charge >= 0.3 is 12.1 Å². The van der Waals surface area contributed by atoms with E-state index in [1.807, 2.05) is 0 Å². The van der Waals surface area contributed by atoms with Gasteiger partial charge in [-0.2, -0.15) is 5.10 Å². The zero-order valence-electron chi connectivity index (χ0n) is 24.1. The highest BCUT2D eigenvalue weighted by atomic mass is 35.5. The number of hydrogen-bond donors (Lipinski definition) is 5. The van der Waals surface area contributed by atoms with Crippen molar-refractivity contribution in [3.63, 3.8) is 0 Å². The number of likely N-dealkylation sites (tertiary alicyclic amines) is 1. The van der Waals surface area contributed by atoms with Crippen molar-refractivity contribution in [2.75, 3.05) is 25.0 Å². The van der Waals surface area contributed by atoms with E-state index in [0.717, 1.165) is 12.8 Å². The molecule has 16 heteroatoms. The summed E-state index contributed by atoms with van der Waals surface area (Å²) in [5.41, 5.74) is 6.46. The third-order valence-electron chi connectivity index (χ3n) is 7.69. The number of urea groups is 1. The lowest BCUT2D eigenvalue weighted by molar-refractivity contribution is -0.137. The van der Waals surface area contributed by atoms with Gasteiger partial charge in [-0.05, 0) is 49.9 Å². The molecule has 1 unspecified atom stereocenters. The molecule has 1 aromatic heterocycles. The number of carboxylic acid groups (broad SMARTS) is 1. The van der Waals surface area contributed by atoms with Gasteiger partial charge in [0.1, 0.15) is 12.4 Å². The van der Waals surface area contributed by atoms with Gasteiger partial charge < -0.3 is 36.6 Å². The molecule has 6 N–H and O–H groups in total. The van der Waals surface area contributed by atoms with Gasteiger partial charge in [0.25, 0.3) is 5.91 Å². The van der Waals surface area contributed by atoms with Crippen molar-refractivity contribution in [3.8, 4) is 0 Å². The third kappa shape index (κ3) is 7.60. The SMILES string of the molecule is NC(=O)c1nn(CC(=O)N(CC(=O)NCc2cccc(Cl)c2F)C2CC2)c2ccc(NC(=O)N3CCCC(NC(=O)O)C3)cc12. The molecule has 1 saturated carbocycles. The van der Waals surface area contributed by atoms with E-state index in [-0.39, 0.29) is 54.5 Å². The van der Waals surface area contributed by atoms with Crippen LogP contribution >= 0.6 is 11.6 Å². The normalized spacial score (nSPS) is 16.2. The van der Waals surface area contributed by atoms with Gasteiger partial charge in [0.05, 0.1) is 17.1 Å². The second kappa shape index (κ2) is 13.4. The van der Waals surface area contributed by atoms with Crippen LogP contribution in [-0.2, 0) is 22.7 Å². The number of carbonyl (C=O) groups is 5. The Morgan fingerprint density at radius 2 is 1.91 bits per heavy atom. The van der Waals surface area contributed by atoms with Crippen molar-refractivity contribution >= 4 is 58.0 Å². The molecule has 2 fully saturated rings. The molecule has 0 bridgehead atoms. The lowest BCUT2D eigenvalue weighted by Gasteiger charge is -2.32. The number of anilines is 1. The molecule has 1 aliphatic heterocycles. The van der Waals surface area contributed by atoms with E-state index in [1.54, 1.807) is 18.2 Å². The number of nitrogens with one attached hydrogen (secondary N) is 3. The van der Waals surface area contributed by atoms with Gasteiger partial charge in [-0.1, -0.05) is 23.7 Å². The van der Waals surface area contributed by atoms with Crippen molar-refractivity contribution in [1.82, 2.24) is 30.2 Å². The number of amides is 6. The van der Waals surface area contributed by atoms with Gasteiger partial charge in [0.15, 0.2) is 5.69 Å². The first-order chi connectivity index (χ1) is 21.5. The van der Waals surface area contributed by atoms with E-state index < -0.39 is 35.7 Å². The minimum absolute atomic E-state index is 0.0570. The number of nitrogens with zero attached hydrogens (tertiary/aromatic N) is 4. The Labute approximate surface area is 261 Å². The van der Waals surface area contributed by atoms with Crippen LogP contribution in [0.5, 0.6) is 0 Å². The Hall–Kier alpha value is -4.92. The molecule has 45 heavy (non-hydrogen) atoms. The average Bonchev–Trinajstić information content (AvgIpc) is 3.77. The number of rotatable bonds is 10. The number of primary amides is 1. The summed E-state index contributed by atoms with van der Waals surface area (Å²) in [6.45, 7) is 0.0303. The molecule has 2 aliphatic rings. The summed E-state index contributed by atoms with van der Waals surface area (Å²) in [4.78, 5) is 65.2. The Balaban J connectivity index is 1.26. The topological polar surface area (TPSA) is 192 Å². The Morgan fingerprint density at radius 3 is 2.62 bits per heavy atom. The van der Waals surface area contributed by atoms with Crippen molar-refractivity contribution in [2.45, 2.75) is 50.9 Å². The largest absolute Gasteiger partial charge is 0.465 e.